The lowest BCUT2D eigenvalue weighted by molar-refractivity contribution is 0.432. The maximum absolute atomic E-state index is 5.88. The molecule has 0 fully saturated rings. The highest BCUT2D eigenvalue weighted by Crippen LogP contribution is 2.27. The molecular weight excluding hydrogens is 347 g/mol. The fraction of sp³-hybridized carbons (Fsp3) is 0. The smallest absolute Gasteiger partial charge is 0.260 e. The van der Waals surface area contributed by atoms with E-state index in [1.807, 2.05) is 12.1 Å². The molecule has 8 heteroatoms. The Labute approximate surface area is 115 Å². The molecule has 0 amide bonds. The standard InChI is InChI=1S/C10H7IN6O/c11-5-1-2-7(12)6(3-5)10-15-9(17-18-10)8-13-4-14-16-8/h1-4H,12H2,(H,13,14,16). The van der Waals surface area contributed by atoms with Gasteiger partial charge >= 0.3 is 0 Å². The summed E-state index contributed by atoms with van der Waals surface area (Å²) in [4.78, 5) is 8.18. The lowest BCUT2D eigenvalue weighted by Gasteiger charge is -2.00. The van der Waals surface area contributed by atoms with Crippen molar-refractivity contribution < 1.29 is 4.52 Å². The summed E-state index contributed by atoms with van der Waals surface area (Å²) in [5.74, 6) is 1.16. The fourth-order valence-electron chi connectivity index (χ4n) is 1.46. The molecule has 3 N–H and O–H groups in total. The lowest BCUT2D eigenvalue weighted by Crippen LogP contribution is -1.91. The Balaban J connectivity index is 2.05. The minimum Gasteiger partial charge on any atom is -0.398 e. The number of aromatic nitrogens is 5. The Bertz CT molecular complexity index is 678. The topological polar surface area (TPSA) is 107 Å². The third kappa shape index (κ3) is 1.94. The molecule has 0 saturated heterocycles. The van der Waals surface area contributed by atoms with Crippen molar-refractivity contribution in [2.75, 3.05) is 5.73 Å². The molecular formula is C10H7IN6O. The zero-order valence-electron chi connectivity index (χ0n) is 8.96. The van der Waals surface area contributed by atoms with Crippen molar-refractivity contribution in [1.29, 1.82) is 0 Å². The molecule has 2 aromatic heterocycles. The van der Waals surface area contributed by atoms with E-state index in [2.05, 4.69) is 47.9 Å². The van der Waals surface area contributed by atoms with E-state index < -0.39 is 0 Å². The van der Waals surface area contributed by atoms with Crippen LogP contribution in [0.3, 0.4) is 0 Å². The number of nitrogens with zero attached hydrogens (tertiary/aromatic N) is 4. The molecule has 3 rings (SSSR count). The van der Waals surface area contributed by atoms with Gasteiger partial charge < -0.3 is 10.3 Å². The highest BCUT2D eigenvalue weighted by atomic mass is 127. The van der Waals surface area contributed by atoms with E-state index in [9.17, 15) is 0 Å². The van der Waals surface area contributed by atoms with Gasteiger partial charge in [-0.15, -0.1) is 0 Å². The van der Waals surface area contributed by atoms with Crippen LogP contribution in [0.25, 0.3) is 23.1 Å². The number of rotatable bonds is 2. The Kier molecular flexibility index (Phi) is 2.70. The molecule has 3 aromatic rings. The summed E-state index contributed by atoms with van der Waals surface area (Å²) >= 11 is 2.19. The largest absolute Gasteiger partial charge is 0.398 e. The molecule has 0 unspecified atom stereocenters. The number of nitrogens with two attached hydrogens (primary N) is 1. The summed E-state index contributed by atoms with van der Waals surface area (Å²) in [5.41, 5.74) is 7.18. The van der Waals surface area contributed by atoms with Crippen molar-refractivity contribution >= 4 is 28.3 Å². The maximum Gasteiger partial charge on any atom is 0.260 e. The van der Waals surface area contributed by atoms with Gasteiger partial charge in [0.05, 0.1) is 5.56 Å². The van der Waals surface area contributed by atoms with E-state index in [1.165, 1.54) is 6.33 Å². The van der Waals surface area contributed by atoms with Crippen molar-refractivity contribution in [2.24, 2.45) is 0 Å². The highest BCUT2D eigenvalue weighted by molar-refractivity contribution is 14.1. The maximum atomic E-state index is 5.88. The first kappa shape index (κ1) is 11.1. The molecule has 18 heavy (non-hydrogen) atoms. The van der Waals surface area contributed by atoms with Gasteiger partial charge in [-0.2, -0.15) is 10.1 Å². The van der Waals surface area contributed by atoms with Gasteiger partial charge in [-0.1, -0.05) is 5.16 Å². The average molecular weight is 354 g/mol. The van der Waals surface area contributed by atoms with Crippen LogP contribution in [0.1, 0.15) is 0 Å². The van der Waals surface area contributed by atoms with E-state index in [-0.39, 0.29) is 0 Å². The monoisotopic (exact) mass is 354 g/mol. The molecule has 2 heterocycles. The van der Waals surface area contributed by atoms with Crippen molar-refractivity contribution in [1.82, 2.24) is 25.3 Å². The van der Waals surface area contributed by atoms with Crippen LogP contribution in [-0.4, -0.2) is 25.3 Å². The SMILES string of the molecule is Nc1ccc(I)cc1-c1nc(-c2ncn[nH]2)no1. The second-order valence-electron chi connectivity index (χ2n) is 3.49. The third-order valence-corrected chi connectivity index (χ3v) is 2.97. The van der Waals surface area contributed by atoms with Crippen molar-refractivity contribution in [3.8, 4) is 23.1 Å². The van der Waals surface area contributed by atoms with Crippen LogP contribution in [0.4, 0.5) is 5.69 Å². The average Bonchev–Trinajstić information content (AvgIpc) is 3.00. The molecule has 1 aromatic carbocycles. The summed E-state index contributed by atoms with van der Waals surface area (Å²) < 4.78 is 6.22. The van der Waals surface area contributed by atoms with Crippen LogP contribution >= 0.6 is 22.6 Å². The zero-order valence-corrected chi connectivity index (χ0v) is 11.1. The second-order valence-corrected chi connectivity index (χ2v) is 4.73. The third-order valence-electron chi connectivity index (χ3n) is 2.30. The quantitative estimate of drug-likeness (QED) is 0.536. The number of H-pyrrole nitrogens is 1. The van der Waals surface area contributed by atoms with Crippen LogP contribution < -0.4 is 5.73 Å². The van der Waals surface area contributed by atoms with Gasteiger partial charge in [0.2, 0.25) is 5.82 Å². The first-order valence-electron chi connectivity index (χ1n) is 4.99. The first-order valence-corrected chi connectivity index (χ1v) is 6.07. The predicted molar refractivity (Wildman–Crippen MR) is 72.2 cm³/mol. The van der Waals surface area contributed by atoms with Gasteiger partial charge in [0.25, 0.3) is 5.89 Å². The fourth-order valence-corrected chi connectivity index (χ4v) is 1.95. The second kappa shape index (κ2) is 4.37. The van der Waals surface area contributed by atoms with Crippen molar-refractivity contribution in [3.05, 3.63) is 28.1 Å². The van der Waals surface area contributed by atoms with Crippen molar-refractivity contribution in [3.63, 3.8) is 0 Å². The summed E-state index contributed by atoms with van der Waals surface area (Å²) in [7, 11) is 0. The van der Waals surface area contributed by atoms with Gasteiger partial charge in [0.1, 0.15) is 6.33 Å². The summed E-state index contributed by atoms with van der Waals surface area (Å²) in [6.07, 6.45) is 1.38. The van der Waals surface area contributed by atoms with Crippen LogP contribution in [0, 0.1) is 3.57 Å². The van der Waals surface area contributed by atoms with E-state index in [1.54, 1.807) is 6.07 Å². The van der Waals surface area contributed by atoms with E-state index in [0.29, 0.717) is 28.8 Å². The van der Waals surface area contributed by atoms with E-state index >= 15 is 0 Å². The minimum absolute atomic E-state index is 0.348. The lowest BCUT2D eigenvalue weighted by atomic mass is 10.2. The number of aromatic amines is 1. The predicted octanol–water partition coefficient (Wildman–Crippen LogP) is 1.71. The van der Waals surface area contributed by atoms with E-state index in [4.69, 9.17) is 10.3 Å². The van der Waals surface area contributed by atoms with Gasteiger partial charge in [-0.3, -0.25) is 5.10 Å². The van der Waals surface area contributed by atoms with Gasteiger partial charge in [-0.25, -0.2) is 4.98 Å². The molecule has 0 bridgehead atoms. The molecule has 0 saturated carbocycles. The van der Waals surface area contributed by atoms with Crippen LogP contribution in [0.15, 0.2) is 29.0 Å². The molecule has 0 radical (unpaired) electrons. The number of halogens is 1. The Hall–Kier alpha value is -1.97. The number of hydrogen-bond donors (Lipinski definition) is 2. The van der Waals surface area contributed by atoms with E-state index in [0.717, 1.165) is 3.57 Å². The molecule has 0 aliphatic carbocycles. The summed E-state index contributed by atoms with van der Waals surface area (Å²) in [6.45, 7) is 0. The Morgan fingerprint density at radius 2 is 2.22 bits per heavy atom. The van der Waals surface area contributed by atoms with Crippen LogP contribution in [-0.2, 0) is 0 Å². The molecule has 0 spiro atoms. The summed E-state index contributed by atoms with van der Waals surface area (Å²) in [6, 6.07) is 5.59. The van der Waals surface area contributed by atoms with Gasteiger partial charge in [-0.05, 0) is 40.8 Å². The highest BCUT2D eigenvalue weighted by Gasteiger charge is 2.14. The molecule has 0 aliphatic rings. The van der Waals surface area contributed by atoms with Crippen LogP contribution in [0.2, 0.25) is 0 Å². The Morgan fingerprint density at radius 3 is 3.00 bits per heavy atom. The normalized spacial score (nSPS) is 10.7. The molecule has 0 aliphatic heterocycles. The number of hydrogen-bond acceptors (Lipinski definition) is 6. The number of nitrogens with one attached hydrogen (secondary N) is 1. The minimum atomic E-state index is 0.348. The van der Waals surface area contributed by atoms with Crippen molar-refractivity contribution in [2.45, 2.75) is 0 Å². The number of anilines is 1. The van der Waals surface area contributed by atoms with Gasteiger partial charge in [0.15, 0.2) is 5.82 Å². The summed E-state index contributed by atoms with van der Waals surface area (Å²) in [5, 5.41) is 10.2. The number of benzene rings is 1. The molecule has 7 nitrogen and oxygen atoms in total. The van der Waals surface area contributed by atoms with Gasteiger partial charge in [0, 0.05) is 9.26 Å². The number of nitrogen functional groups attached to an aromatic ring is 1. The Morgan fingerprint density at radius 1 is 1.33 bits per heavy atom. The zero-order chi connectivity index (χ0) is 12.5. The molecule has 0 atom stereocenters. The first-order chi connectivity index (χ1) is 8.74. The van der Waals surface area contributed by atoms with Crippen LogP contribution in [0.5, 0.6) is 0 Å². The molecule has 90 valence electrons.